The van der Waals surface area contributed by atoms with E-state index in [-0.39, 0.29) is 44.0 Å². The van der Waals surface area contributed by atoms with E-state index in [1.807, 2.05) is 0 Å². The molecule has 3 aromatic heterocycles. The molecular formula is C16H7Br2N3O4. The molecule has 0 saturated carbocycles. The van der Waals surface area contributed by atoms with Gasteiger partial charge in [-0.1, -0.05) is 0 Å². The van der Waals surface area contributed by atoms with Crippen LogP contribution in [0.2, 0.25) is 0 Å². The fourth-order valence-electron chi connectivity index (χ4n) is 2.28. The summed E-state index contributed by atoms with van der Waals surface area (Å²) >= 11 is 6.41. The molecule has 0 aliphatic heterocycles. The maximum Gasteiger partial charge on any atom is 0.255 e. The summed E-state index contributed by atoms with van der Waals surface area (Å²) in [7, 11) is 0. The molecule has 4 aromatic rings. The summed E-state index contributed by atoms with van der Waals surface area (Å²) in [5.41, 5.74) is 0.690. The molecular weight excluding hydrogens is 458 g/mol. The van der Waals surface area contributed by atoms with Crippen LogP contribution in [0.3, 0.4) is 0 Å². The van der Waals surface area contributed by atoms with Crippen LogP contribution in [-0.2, 0) is 0 Å². The monoisotopic (exact) mass is 463 g/mol. The van der Waals surface area contributed by atoms with E-state index in [0.29, 0.717) is 10.0 Å². The van der Waals surface area contributed by atoms with E-state index in [9.17, 15) is 9.90 Å². The third kappa shape index (κ3) is 2.65. The molecule has 0 aliphatic carbocycles. The molecule has 0 bridgehead atoms. The van der Waals surface area contributed by atoms with Crippen LogP contribution in [-0.4, -0.2) is 20.3 Å². The summed E-state index contributed by atoms with van der Waals surface area (Å²) in [5, 5.41) is 18.0. The van der Waals surface area contributed by atoms with Crippen LogP contribution in [0.5, 0.6) is 5.75 Å². The predicted molar refractivity (Wildman–Crippen MR) is 96.1 cm³/mol. The zero-order chi connectivity index (χ0) is 17.6. The molecule has 0 amide bonds. The Labute approximate surface area is 156 Å². The zero-order valence-corrected chi connectivity index (χ0v) is 15.4. The highest BCUT2D eigenvalue weighted by molar-refractivity contribution is 9.11. The molecule has 1 N–H and O–H groups in total. The molecule has 0 fully saturated rings. The van der Waals surface area contributed by atoms with Gasteiger partial charge in [-0.05, 0) is 50.1 Å². The number of halogens is 2. The van der Waals surface area contributed by atoms with Crippen molar-refractivity contribution in [3.63, 3.8) is 0 Å². The molecule has 0 radical (unpaired) electrons. The highest BCUT2D eigenvalue weighted by Gasteiger charge is 2.19. The Morgan fingerprint density at radius 1 is 1.08 bits per heavy atom. The van der Waals surface area contributed by atoms with Crippen molar-refractivity contribution >= 4 is 42.8 Å². The second-order valence-corrected chi connectivity index (χ2v) is 6.67. The molecule has 9 heteroatoms. The lowest BCUT2D eigenvalue weighted by molar-refractivity contribution is 0.467. The molecule has 1 aromatic carbocycles. The average Bonchev–Trinajstić information content (AvgIpc) is 3.11. The number of rotatable bonds is 2. The van der Waals surface area contributed by atoms with E-state index in [4.69, 9.17) is 8.83 Å². The van der Waals surface area contributed by atoms with Crippen LogP contribution in [0.1, 0.15) is 0 Å². The minimum absolute atomic E-state index is 0.0442. The molecule has 0 saturated heterocycles. The van der Waals surface area contributed by atoms with Gasteiger partial charge in [0.25, 0.3) is 5.89 Å². The fraction of sp³-hybridized carbons (Fsp3) is 0. The van der Waals surface area contributed by atoms with Crippen LogP contribution in [0.4, 0.5) is 0 Å². The highest BCUT2D eigenvalue weighted by Crippen LogP contribution is 2.38. The molecule has 25 heavy (non-hydrogen) atoms. The molecule has 4 rings (SSSR count). The van der Waals surface area contributed by atoms with Gasteiger partial charge in [0.2, 0.25) is 11.3 Å². The highest BCUT2D eigenvalue weighted by atomic mass is 79.9. The van der Waals surface area contributed by atoms with Crippen LogP contribution >= 0.6 is 31.9 Å². The maximum absolute atomic E-state index is 12.8. The van der Waals surface area contributed by atoms with Crippen molar-refractivity contribution in [2.75, 3.05) is 0 Å². The Bertz CT molecular complexity index is 1160. The van der Waals surface area contributed by atoms with Crippen molar-refractivity contribution in [3.05, 3.63) is 56.0 Å². The van der Waals surface area contributed by atoms with E-state index in [2.05, 4.69) is 47.0 Å². The summed E-state index contributed by atoms with van der Waals surface area (Å²) < 4.78 is 11.7. The summed E-state index contributed by atoms with van der Waals surface area (Å²) in [5.74, 6) is 0.258. The van der Waals surface area contributed by atoms with Crippen LogP contribution in [0.25, 0.3) is 33.9 Å². The molecule has 0 unspecified atom stereocenters. The lowest BCUT2D eigenvalue weighted by atomic mass is 10.1. The number of aromatic nitrogens is 3. The van der Waals surface area contributed by atoms with E-state index in [1.54, 1.807) is 24.5 Å². The largest absolute Gasteiger partial charge is 0.505 e. The average molecular weight is 465 g/mol. The number of pyridine rings is 1. The fourth-order valence-corrected chi connectivity index (χ4v) is 3.50. The van der Waals surface area contributed by atoms with Gasteiger partial charge in [-0.25, -0.2) is 0 Å². The lowest BCUT2D eigenvalue weighted by Gasteiger charge is -2.05. The molecule has 7 nitrogen and oxygen atoms in total. The number of hydrogen-bond donors (Lipinski definition) is 1. The third-order valence-electron chi connectivity index (χ3n) is 3.52. The van der Waals surface area contributed by atoms with Crippen LogP contribution in [0, 0.1) is 0 Å². The summed E-state index contributed by atoms with van der Waals surface area (Å²) in [6.45, 7) is 0. The second-order valence-electron chi connectivity index (χ2n) is 5.02. The third-order valence-corrected chi connectivity index (χ3v) is 4.86. The minimum Gasteiger partial charge on any atom is -0.505 e. The van der Waals surface area contributed by atoms with E-state index in [1.165, 1.54) is 12.3 Å². The number of hydrogen-bond acceptors (Lipinski definition) is 7. The van der Waals surface area contributed by atoms with Gasteiger partial charge in [0, 0.05) is 18.0 Å². The Hall–Kier alpha value is -2.52. The normalized spacial score (nSPS) is 11.1. The molecule has 3 heterocycles. The Morgan fingerprint density at radius 3 is 2.56 bits per heavy atom. The van der Waals surface area contributed by atoms with Crippen molar-refractivity contribution in [3.8, 4) is 28.7 Å². The number of phenolic OH excluding ortho intramolecular Hbond substituents is 1. The number of fused-ring (bicyclic) bond motifs is 1. The Kier molecular flexibility index (Phi) is 3.89. The van der Waals surface area contributed by atoms with Gasteiger partial charge in [-0.2, -0.15) is 0 Å². The van der Waals surface area contributed by atoms with Crippen LogP contribution in [0.15, 0.2) is 59.4 Å². The van der Waals surface area contributed by atoms with Gasteiger partial charge < -0.3 is 13.9 Å². The number of benzene rings is 1. The first kappa shape index (κ1) is 16.0. The van der Waals surface area contributed by atoms with Crippen molar-refractivity contribution in [2.24, 2.45) is 0 Å². The van der Waals surface area contributed by atoms with Gasteiger partial charge in [0.1, 0.15) is 22.0 Å². The minimum atomic E-state index is -0.354. The van der Waals surface area contributed by atoms with Crippen molar-refractivity contribution in [1.29, 1.82) is 0 Å². The first-order chi connectivity index (χ1) is 12.1. The topological polar surface area (TPSA) is 102 Å². The lowest BCUT2D eigenvalue weighted by Crippen LogP contribution is -2.05. The standard InChI is InChI=1S/C16H7Br2N3O4/c17-10-5-8-12(22)9(6-24-14(8)11(18)13(10)23)16-21-20-15(25-16)7-1-3-19-4-2-7/h1-6,23H. The predicted octanol–water partition coefficient (Wildman–Crippen LogP) is 4.14. The van der Waals surface area contributed by atoms with E-state index < -0.39 is 0 Å². The first-order valence-corrected chi connectivity index (χ1v) is 8.51. The van der Waals surface area contributed by atoms with Gasteiger partial charge in [-0.15, -0.1) is 10.2 Å². The maximum atomic E-state index is 12.8. The molecule has 0 atom stereocenters. The van der Waals surface area contributed by atoms with E-state index in [0.717, 1.165) is 0 Å². The Balaban J connectivity index is 1.89. The van der Waals surface area contributed by atoms with Crippen molar-refractivity contribution in [1.82, 2.24) is 15.2 Å². The van der Waals surface area contributed by atoms with Gasteiger partial charge in [0.15, 0.2) is 5.58 Å². The summed E-state index contributed by atoms with van der Waals surface area (Å²) in [6.07, 6.45) is 4.43. The molecule has 124 valence electrons. The zero-order valence-electron chi connectivity index (χ0n) is 12.2. The molecule has 0 aliphatic rings. The quantitative estimate of drug-likeness (QED) is 0.475. The summed E-state index contributed by atoms with van der Waals surface area (Å²) in [4.78, 5) is 16.7. The van der Waals surface area contributed by atoms with Crippen LogP contribution < -0.4 is 5.43 Å². The number of nitrogens with zero attached hydrogens (tertiary/aromatic N) is 3. The number of phenols is 1. The Morgan fingerprint density at radius 2 is 1.80 bits per heavy atom. The molecule has 0 spiro atoms. The smallest absolute Gasteiger partial charge is 0.255 e. The second kappa shape index (κ2) is 6.08. The van der Waals surface area contributed by atoms with E-state index >= 15 is 0 Å². The van der Waals surface area contributed by atoms with Gasteiger partial charge in [0.05, 0.1) is 9.86 Å². The SMILES string of the molecule is O=c1c(-c2nnc(-c3ccncc3)o2)coc2c(Br)c(O)c(Br)cc12. The first-order valence-electron chi connectivity index (χ1n) is 6.93. The number of aromatic hydroxyl groups is 1. The van der Waals surface area contributed by atoms with Crippen molar-refractivity contribution < 1.29 is 13.9 Å². The van der Waals surface area contributed by atoms with Gasteiger partial charge in [-0.3, -0.25) is 9.78 Å². The summed E-state index contributed by atoms with van der Waals surface area (Å²) in [6, 6.07) is 4.92. The van der Waals surface area contributed by atoms with Gasteiger partial charge >= 0.3 is 0 Å². The van der Waals surface area contributed by atoms with Crippen molar-refractivity contribution in [2.45, 2.75) is 0 Å².